The second kappa shape index (κ2) is 6.56. The average Bonchev–Trinajstić information content (AvgIpc) is 3.00. The molecule has 0 radical (unpaired) electrons. The van der Waals surface area contributed by atoms with Crippen LogP contribution in [0.1, 0.15) is 32.6 Å². The van der Waals surface area contributed by atoms with Crippen LogP contribution >= 0.6 is 0 Å². The Balaban J connectivity index is 1.68. The molecule has 2 aliphatic rings. The van der Waals surface area contributed by atoms with Crippen molar-refractivity contribution >= 4 is 11.8 Å². The van der Waals surface area contributed by atoms with E-state index in [1.807, 2.05) is 6.92 Å². The molecule has 3 heterocycles. The Morgan fingerprint density at radius 1 is 1.29 bits per heavy atom. The maximum atomic E-state index is 14.0. The molecule has 0 amide bonds. The van der Waals surface area contributed by atoms with Gasteiger partial charge in [-0.15, -0.1) is 0 Å². The van der Waals surface area contributed by atoms with Gasteiger partial charge < -0.3 is 10.2 Å². The molecule has 3 rings (SSSR count). The van der Waals surface area contributed by atoms with Crippen LogP contribution < -0.4 is 10.2 Å². The van der Waals surface area contributed by atoms with Crippen LogP contribution in [-0.4, -0.2) is 53.6 Å². The van der Waals surface area contributed by atoms with Gasteiger partial charge in [0.25, 0.3) is 0 Å². The molecule has 0 spiro atoms. The molecule has 0 bridgehead atoms. The standard InChI is InChI=1S/C15H24FN5/c1-2-17-15-18-10-13(16)14(19-15)21-9-6-12(11-21)20-7-4-3-5-8-20/h10,12H,2-9,11H2,1H3,(H,17,18,19). The van der Waals surface area contributed by atoms with Gasteiger partial charge in [0.1, 0.15) is 0 Å². The molecule has 1 N–H and O–H groups in total. The quantitative estimate of drug-likeness (QED) is 0.921. The summed E-state index contributed by atoms with van der Waals surface area (Å²) >= 11 is 0. The average molecular weight is 293 g/mol. The lowest BCUT2D eigenvalue weighted by molar-refractivity contribution is 0.174. The summed E-state index contributed by atoms with van der Waals surface area (Å²) in [4.78, 5) is 12.9. The van der Waals surface area contributed by atoms with Gasteiger partial charge in [-0.05, 0) is 39.3 Å². The van der Waals surface area contributed by atoms with Gasteiger partial charge in [-0.2, -0.15) is 4.98 Å². The first-order valence-electron chi connectivity index (χ1n) is 8.03. The molecule has 0 aliphatic carbocycles. The van der Waals surface area contributed by atoms with E-state index in [1.165, 1.54) is 38.5 Å². The van der Waals surface area contributed by atoms with E-state index in [2.05, 4.69) is 25.1 Å². The van der Waals surface area contributed by atoms with Crippen LogP contribution in [0.25, 0.3) is 0 Å². The number of halogens is 1. The molecule has 1 atom stereocenters. The van der Waals surface area contributed by atoms with E-state index in [0.29, 0.717) is 17.8 Å². The number of likely N-dealkylation sites (tertiary alicyclic amines) is 1. The summed E-state index contributed by atoms with van der Waals surface area (Å²) in [6.45, 7) is 6.84. The van der Waals surface area contributed by atoms with Gasteiger partial charge in [0, 0.05) is 25.7 Å². The van der Waals surface area contributed by atoms with E-state index in [4.69, 9.17) is 0 Å². The third-order valence-corrected chi connectivity index (χ3v) is 4.43. The Kier molecular flexibility index (Phi) is 4.53. The van der Waals surface area contributed by atoms with Crippen LogP contribution in [0, 0.1) is 5.82 Å². The van der Waals surface area contributed by atoms with Gasteiger partial charge in [-0.25, -0.2) is 9.37 Å². The second-order valence-electron chi connectivity index (χ2n) is 5.88. The molecule has 2 saturated heterocycles. The van der Waals surface area contributed by atoms with Crippen molar-refractivity contribution in [2.45, 2.75) is 38.6 Å². The molecule has 2 aliphatic heterocycles. The number of rotatable bonds is 4. The molecule has 116 valence electrons. The van der Waals surface area contributed by atoms with Crippen LogP contribution in [0.2, 0.25) is 0 Å². The SMILES string of the molecule is CCNc1ncc(F)c(N2CCC(N3CCCCC3)C2)n1. The van der Waals surface area contributed by atoms with Crippen LogP contribution in [0.3, 0.4) is 0 Å². The number of hydrogen-bond donors (Lipinski definition) is 1. The van der Waals surface area contributed by atoms with Crippen LogP contribution in [0.4, 0.5) is 16.2 Å². The highest BCUT2D eigenvalue weighted by atomic mass is 19.1. The second-order valence-corrected chi connectivity index (χ2v) is 5.88. The normalized spacial score (nSPS) is 23.5. The summed E-state index contributed by atoms with van der Waals surface area (Å²) in [5.41, 5.74) is 0. The van der Waals surface area contributed by atoms with Gasteiger partial charge in [0.15, 0.2) is 11.6 Å². The maximum Gasteiger partial charge on any atom is 0.224 e. The van der Waals surface area contributed by atoms with Crippen molar-refractivity contribution in [2.24, 2.45) is 0 Å². The maximum absolute atomic E-state index is 14.0. The molecular weight excluding hydrogens is 269 g/mol. The van der Waals surface area contributed by atoms with E-state index in [0.717, 1.165) is 26.1 Å². The fourth-order valence-electron chi connectivity index (χ4n) is 3.34. The fourth-order valence-corrected chi connectivity index (χ4v) is 3.34. The topological polar surface area (TPSA) is 44.3 Å². The summed E-state index contributed by atoms with van der Waals surface area (Å²) in [5, 5.41) is 3.05. The smallest absolute Gasteiger partial charge is 0.224 e. The predicted octanol–water partition coefficient (Wildman–Crippen LogP) is 2.11. The Labute approximate surface area is 125 Å². The van der Waals surface area contributed by atoms with Crippen molar-refractivity contribution in [1.82, 2.24) is 14.9 Å². The molecule has 6 heteroatoms. The number of aromatic nitrogens is 2. The third-order valence-electron chi connectivity index (χ3n) is 4.43. The van der Waals surface area contributed by atoms with E-state index < -0.39 is 0 Å². The highest BCUT2D eigenvalue weighted by Gasteiger charge is 2.30. The molecule has 5 nitrogen and oxygen atoms in total. The van der Waals surface area contributed by atoms with Gasteiger partial charge in [-0.1, -0.05) is 6.42 Å². The summed E-state index contributed by atoms with van der Waals surface area (Å²) in [7, 11) is 0. The van der Waals surface area contributed by atoms with Crippen LogP contribution in [0.15, 0.2) is 6.20 Å². The van der Waals surface area contributed by atoms with Gasteiger partial charge in [0.05, 0.1) is 6.20 Å². The van der Waals surface area contributed by atoms with E-state index in [9.17, 15) is 4.39 Å². The molecule has 0 aromatic carbocycles. The Hall–Kier alpha value is -1.43. The van der Waals surface area contributed by atoms with Crippen molar-refractivity contribution in [2.75, 3.05) is 42.9 Å². The Bertz CT molecular complexity index is 475. The number of nitrogens with one attached hydrogen (secondary N) is 1. The van der Waals surface area contributed by atoms with Crippen molar-refractivity contribution in [3.8, 4) is 0 Å². The molecule has 2 fully saturated rings. The van der Waals surface area contributed by atoms with Crippen molar-refractivity contribution in [1.29, 1.82) is 0 Å². The molecule has 21 heavy (non-hydrogen) atoms. The predicted molar refractivity (Wildman–Crippen MR) is 82.2 cm³/mol. The molecule has 1 unspecified atom stereocenters. The lowest BCUT2D eigenvalue weighted by Gasteiger charge is -2.32. The zero-order chi connectivity index (χ0) is 14.7. The monoisotopic (exact) mass is 293 g/mol. The number of piperidine rings is 1. The first-order valence-corrected chi connectivity index (χ1v) is 8.03. The minimum atomic E-state index is -0.323. The highest BCUT2D eigenvalue weighted by molar-refractivity contribution is 5.45. The van der Waals surface area contributed by atoms with E-state index >= 15 is 0 Å². The fraction of sp³-hybridized carbons (Fsp3) is 0.733. The minimum Gasteiger partial charge on any atom is -0.354 e. The lowest BCUT2D eigenvalue weighted by atomic mass is 10.1. The Morgan fingerprint density at radius 2 is 2.10 bits per heavy atom. The van der Waals surface area contributed by atoms with Crippen molar-refractivity contribution in [3.05, 3.63) is 12.0 Å². The third kappa shape index (κ3) is 3.26. The summed E-state index contributed by atoms with van der Waals surface area (Å²) < 4.78 is 14.0. The van der Waals surface area contributed by atoms with Crippen molar-refractivity contribution < 1.29 is 4.39 Å². The number of nitrogens with zero attached hydrogens (tertiary/aromatic N) is 4. The van der Waals surface area contributed by atoms with Gasteiger partial charge in [0.2, 0.25) is 5.95 Å². The summed E-state index contributed by atoms with van der Waals surface area (Å²) in [5.74, 6) is 0.631. The first-order chi connectivity index (χ1) is 10.3. The van der Waals surface area contributed by atoms with Crippen LogP contribution in [-0.2, 0) is 0 Å². The highest BCUT2D eigenvalue weighted by Crippen LogP contribution is 2.26. The minimum absolute atomic E-state index is 0.323. The van der Waals surface area contributed by atoms with Gasteiger partial charge in [-0.3, -0.25) is 4.90 Å². The van der Waals surface area contributed by atoms with Crippen LogP contribution in [0.5, 0.6) is 0 Å². The zero-order valence-corrected chi connectivity index (χ0v) is 12.7. The lowest BCUT2D eigenvalue weighted by Crippen LogP contribution is -2.41. The van der Waals surface area contributed by atoms with E-state index in [1.54, 1.807) is 0 Å². The molecular formula is C15H24FN5. The van der Waals surface area contributed by atoms with Crippen molar-refractivity contribution in [3.63, 3.8) is 0 Å². The largest absolute Gasteiger partial charge is 0.354 e. The Morgan fingerprint density at radius 3 is 2.86 bits per heavy atom. The number of hydrogen-bond acceptors (Lipinski definition) is 5. The van der Waals surface area contributed by atoms with Gasteiger partial charge >= 0.3 is 0 Å². The zero-order valence-electron chi connectivity index (χ0n) is 12.7. The molecule has 0 saturated carbocycles. The first kappa shape index (κ1) is 14.5. The summed E-state index contributed by atoms with van der Waals surface area (Å²) in [6.07, 6.45) is 6.31. The molecule has 1 aromatic heterocycles. The molecule has 1 aromatic rings. The number of anilines is 2. The summed E-state index contributed by atoms with van der Waals surface area (Å²) in [6, 6.07) is 0.544. The van der Waals surface area contributed by atoms with E-state index in [-0.39, 0.29) is 5.82 Å².